The fourth-order valence-corrected chi connectivity index (χ4v) is 12.0. The zero-order valence-corrected chi connectivity index (χ0v) is 41.0. The molecule has 13 aromatic carbocycles. The van der Waals surface area contributed by atoms with Crippen molar-refractivity contribution in [3.05, 3.63) is 285 Å². The van der Waals surface area contributed by atoms with E-state index in [-0.39, 0.29) is 0 Å². The second kappa shape index (κ2) is 17.4. The zero-order chi connectivity index (χ0) is 49.4. The highest BCUT2D eigenvalue weighted by atomic mass is 15.1. The van der Waals surface area contributed by atoms with E-state index in [1.54, 1.807) is 0 Å². The Kier molecular flexibility index (Phi) is 9.89. The highest BCUT2D eigenvalue weighted by molar-refractivity contribution is 6.13. The Morgan fingerprint density at radius 2 is 0.587 bits per heavy atom. The van der Waals surface area contributed by atoms with E-state index >= 15 is 0 Å². The normalized spacial score (nSPS) is 11.7. The molecule has 0 atom stereocenters. The number of hydrogen-bond acceptors (Lipinski definition) is 1. The van der Waals surface area contributed by atoms with E-state index in [4.69, 9.17) is 0 Å². The lowest BCUT2D eigenvalue weighted by atomic mass is 9.92. The van der Waals surface area contributed by atoms with Crippen LogP contribution in [0.1, 0.15) is 0 Å². The highest BCUT2D eigenvalue weighted by Crippen LogP contribution is 2.43. The molecular formula is C72H47N3. The maximum atomic E-state index is 2.47. The largest absolute Gasteiger partial charge is 0.310 e. The van der Waals surface area contributed by atoms with E-state index in [9.17, 15) is 0 Å². The van der Waals surface area contributed by atoms with Gasteiger partial charge in [0, 0.05) is 49.1 Å². The molecule has 0 saturated carbocycles. The van der Waals surface area contributed by atoms with Crippen LogP contribution >= 0.6 is 0 Å². The standard InChI is InChI=1S/C72H47N3/c1-2-23-57(24-3-1)73(66-32-14-20-49-17-4-7-25-59(49)66)58-39-35-48(36-40-58)54-43-55(52-37-41-64-62-28-10-12-30-69(62)74(71(64)46-52)67-33-15-21-50-18-5-8-26-60(50)67)45-56(44-54)53-38-42-65-63-29-11-13-31-70(63)75(72(65)47-53)68-34-16-22-51-19-6-9-27-61(51)68/h1-47H. The molecule has 0 spiro atoms. The van der Waals surface area contributed by atoms with Gasteiger partial charge in [0.15, 0.2) is 0 Å². The molecule has 15 aromatic rings. The minimum Gasteiger partial charge on any atom is -0.310 e. The molecular weight excluding hydrogens is 907 g/mol. The Morgan fingerprint density at radius 3 is 1.12 bits per heavy atom. The van der Waals surface area contributed by atoms with Crippen LogP contribution in [0.2, 0.25) is 0 Å². The number of nitrogens with zero attached hydrogens (tertiary/aromatic N) is 3. The van der Waals surface area contributed by atoms with E-state index < -0.39 is 0 Å². The zero-order valence-electron chi connectivity index (χ0n) is 41.0. The number of rotatable bonds is 8. The maximum absolute atomic E-state index is 2.47. The summed E-state index contributed by atoms with van der Waals surface area (Å²) in [4.78, 5) is 2.38. The summed E-state index contributed by atoms with van der Waals surface area (Å²) in [5.74, 6) is 0. The van der Waals surface area contributed by atoms with Gasteiger partial charge in [0.2, 0.25) is 0 Å². The molecule has 0 saturated heterocycles. The van der Waals surface area contributed by atoms with E-state index in [2.05, 4.69) is 299 Å². The van der Waals surface area contributed by atoms with Crippen molar-refractivity contribution < 1.29 is 0 Å². The summed E-state index contributed by atoms with van der Waals surface area (Å²) in [6.07, 6.45) is 0. The lowest BCUT2D eigenvalue weighted by molar-refractivity contribution is 1.20. The van der Waals surface area contributed by atoms with Gasteiger partial charge in [-0.1, -0.05) is 200 Å². The van der Waals surface area contributed by atoms with Gasteiger partial charge in [0.1, 0.15) is 0 Å². The number of benzene rings is 13. The van der Waals surface area contributed by atoms with Gasteiger partial charge in [0.25, 0.3) is 0 Å². The number of aromatic nitrogens is 2. The van der Waals surface area contributed by atoms with Gasteiger partial charge < -0.3 is 14.0 Å². The van der Waals surface area contributed by atoms with Crippen LogP contribution in [0.15, 0.2) is 285 Å². The van der Waals surface area contributed by atoms with E-state index in [1.807, 2.05) is 0 Å². The van der Waals surface area contributed by atoms with Crippen LogP contribution in [-0.2, 0) is 0 Å². The van der Waals surface area contributed by atoms with Crippen molar-refractivity contribution in [1.82, 2.24) is 9.13 Å². The molecule has 0 aliphatic rings. The Hall–Kier alpha value is -9.96. The summed E-state index contributed by atoms with van der Waals surface area (Å²) in [6, 6.07) is 105. The molecule has 3 heteroatoms. The Morgan fingerprint density at radius 1 is 0.213 bits per heavy atom. The van der Waals surface area contributed by atoms with Gasteiger partial charge in [-0.15, -0.1) is 0 Å². The first kappa shape index (κ1) is 42.7. The molecule has 350 valence electrons. The molecule has 75 heavy (non-hydrogen) atoms. The maximum Gasteiger partial charge on any atom is 0.0547 e. The summed E-state index contributed by atoms with van der Waals surface area (Å²) in [7, 11) is 0. The number of anilines is 3. The first-order chi connectivity index (χ1) is 37.2. The fraction of sp³-hybridized carbons (Fsp3) is 0. The minimum atomic E-state index is 1.09. The molecule has 0 aliphatic heterocycles. The molecule has 2 aromatic heterocycles. The predicted molar refractivity (Wildman–Crippen MR) is 319 cm³/mol. The highest BCUT2D eigenvalue weighted by Gasteiger charge is 2.20. The van der Waals surface area contributed by atoms with Crippen molar-refractivity contribution in [1.29, 1.82) is 0 Å². The lowest BCUT2D eigenvalue weighted by Gasteiger charge is -2.27. The summed E-state index contributed by atoms with van der Waals surface area (Å²) in [6.45, 7) is 0. The first-order valence-corrected chi connectivity index (χ1v) is 25.8. The predicted octanol–water partition coefficient (Wildman–Crippen LogP) is 19.8. The van der Waals surface area contributed by atoms with E-state index in [0.717, 1.165) is 50.4 Å². The lowest BCUT2D eigenvalue weighted by Crippen LogP contribution is -2.10. The average molecular weight is 954 g/mol. The smallest absolute Gasteiger partial charge is 0.0547 e. The second-order valence-corrected chi connectivity index (χ2v) is 19.7. The third-order valence-corrected chi connectivity index (χ3v) is 15.4. The van der Waals surface area contributed by atoms with Crippen LogP contribution in [0.4, 0.5) is 17.1 Å². The monoisotopic (exact) mass is 953 g/mol. The SMILES string of the molecule is c1ccc(N(c2ccc(-c3cc(-c4ccc5c6ccccc6n(-c6cccc7ccccc67)c5c4)cc(-c4ccc5c6ccccc6n(-c6cccc7ccccc67)c5c4)c3)cc2)c2cccc3ccccc23)cc1. The van der Waals surface area contributed by atoms with Crippen molar-refractivity contribution >= 4 is 93.0 Å². The van der Waals surface area contributed by atoms with Crippen LogP contribution in [0.3, 0.4) is 0 Å². The third kappa shape index (κ3) is 7.05. The third-order valence-electron chi connectivity index (χ3n) is 15.4. The van der Waals surface area contributed by atoms with Crippen molar-refractivity contribution in [2.24, 2.45) is 0 Å². The minimum absolute atomic E-state index is 1.09. The molecule has 0 amide bonds. The molecule has 3 nitrogen and oxygen atoms in total. The van der Waals surface area contributed by atoms with Gasteiger partial charge in [-0.3, -0.25) is 0 Å². The first-order valence-electron chi connectivity index (χ1n) is 25.8. The van der Waals surface area contributed by atoms with Crippen LogP contribution in [0.5, 0.6) is 0 Å². The van der Waals surface area contributed by atoms with Crippen LogP contribution in [0.25, 0.3) is 121 Å². The van der Waals surface area contributed by atoms with Crippen molar-refractivity contribution in [3.63, 3.8) is 0 Å². The molecule has 0 aliphatic carbocycles. The Balaban J connectivity index is 0.941. The topological polar surface area (TPSA) is 13.1 Å². The second-order valence-electron chi connectivity index (χ2n) is 19.7. The quantitative estimate of drug-likeness (QED) is 0.148. The Bertz CT molecular complexity index is 4480. The van der Waals surface area contributed by atoms with Crippen LogP contribution in [0, 0.1) is 0 Å². The van der Waals surface area contributed by atoms with Gasteiger partial charge in [-0.2, -0.15) is 0 Å². The van der Waals surface area contributed by atoms with E-state index in [1.165, 1.54) is 87.3 Å². The molecule has 2 heterocycles. The summed E-state index contributed by atoms with van der Waals surface area (Å²) < 4.78 is 4.93. The fourth-order valence-electron chi connectivity index (χ4n) is 12.0. The summed E-state index contributed by atoms with van der Waals surface area (Å²) in [5, 5.41) is 12.3. The summed E-state index contributed by atoms with van der Waals surface area (Å²) >= 11 is 0. The average Bonchev–Trinajstić information content (AvgIpc) is 4.00. The molecule has 0 unspecified atom stereocenters. The number of para-hydroxylation sites is 3. The van der Waals surface area contributed by atoms with Gasteiger partial charge in [0.05, 0.1) is 39.1 Å². The van der Waals surface area contributed by atoms with Gasteiger partial charge in [-0.25, -0.2) is 0 Å². The molecule has 15 rings (SSSR count). The van der Waals surface area contributed by atoms with Gasteiger partial charge in [-0.05, 0) is 134 Å². The Labute approximate surface area is 434 Å². The van der Waals surface area contributed by atoms with Crippen molar-refractivity contribution in [2.75, 3.05) is 4.90 Å². The van der Waals surface area contributed by atoms with Crippen molar-refractivity contribution in [2.45, 2.75) is 0 Å². The van der Waals surface area contributed by atoms with Crippen molar-refractivity contribution in [3.8, 4) is 44.8 Å². The van der Waals surface area contributed by atoms with Crippen LogP contribution in [-0.4, -0.2) is 9.13 Å². The van der Waals surface area contributed by atoms with Gasteiger partial charge >= 0.3 is 0 Å². The number of fused-ring (bicyclic) bond motifs is 9. The number of hydrogen-bond donors (Lipinski definition) is 0. The molecule has 0 fully saturated rings. The summed E-state index contributed by atoms with van der Waals surface area (Å²) in [5.41, 5.74) is 17.3. The molecule has 0 bridgehead atoms. The van der Waals surface area contributed by atoms with Crippen LogP contribution < -0.4 is 4.90 Å². The van der Waals surface area contributed by atoms with E-state index in [0.29, 0.717) is 0 Å². The molecule has 0 radical (unpaired) electrons. The molecule has 0 N–H and O–H groups in total.